The van der Waals surface area contributed by atoms with Crippen LogP contribution >= 0.6 is 0 Å². The van der Waals surface area contributed by atoms with E-state index in [1.165, 1.54) is 14.0 Å². The number of likely N-dealkylation sites (N-methyl/N-ethyl adjacent to an activating group) is 1. The maximum atomic E-state index is 11.4. The van der Waals surface area contributed by atoms with Gasteiger partial charge in [-0.2, -0.15) is 0 Å². The van der Waals surface area contributed by atoms with Crippen LogP contribution in [0.25, 0.3) is 0 Å². The van der Waals surface area contributed by atoms with Gasteiger partial charge in [-0.05, 0) is 24.6 Å². The molecule has 0 aliphatic carbocycles. The van der Waals surface area contributed by atoms with E-state index in [0.29, 0.717) is 23.5 Å². The topological polar surface area (TPSA) is 76.1 Å². The Hall–Kier alpha value is -2.24. The maximum absolute atomic E-state index is 11.4. The Morgan fingerprint density at radius 2 is 2.11 bits per heavy atom. The van der Waals surface area contributed by atoms with E-state index in [1.807, 2.05) is 0 Å². The molecule has 1 N–H and O–H groups in total. The Labute approximate surface area is 104 Å². The molecule has 6 nitrogen and oxygen atoms in total. The van der Waals surface area contributed by atoms with Crippen molar-refractivity contribution in [2.24, 2.45) is 0 Å². The number of hydrogen-bond donors (Lipinski definition) is 1. The van der Waals surface area contributed by atoms with Crippen molar-refractivity contribution in [2.45, 2.75) is 12.5 Å². The third kappa shape index (κ3) is 1.66. The average Bonchev–Trinajstić information content (AvgIpc) is 2.83. The Bertz CT molecular complexity index is 501. The van der Waals surface area contributed by atoms with Gasteiger partial charge in [-0.25, -0.2) is 4.79 Å². The molecule has 1 unspecified atom stereocenters. The van der Waals surface area contributed by atoms with Gasteiger partial charge >= 0.3 is 5.97 Å². The summed E-state index contributed by atoms with van der Waals surface area (Å²) in [5, 5.41) is 9.36. The molecule has 0 bridgehead atoms. The molecule has 0 saturated carbocycles. The summed E-state index contributed by atoms with van der Waals surface area (Å²) in [6.45, 7) is 1.58. The maximum Gasteiger partial charge on any atom is 0.334 e. The zero-order valence-electron chi connectivity index (χ0n) is 10.0. The van der Waals surface area contributed by atoms with Crippen LogP contribution in [0, 0.1) is 0 Å². The number of ether oxygens (including phenoxy) is 2. The summed E-state index contributed by atoms with van der Waals surface area (Å²) in [7, 11) is 1.42. The molecule has 0 fully saturated rings. The zero-order chi connectivity index (χ0) is 13.3. The van der Waals surface area contributed by atoms with Crippen LogP contribution in [-0.2, 0) is 15.1 Å². The van der Waals surface area contributed by atoms with Crippen molar-refractivity contribution in [3.05, 3.63) is 23.8 Å². The van der Waals surface area contributed by atoms with E-state index in [1.54, 1.807) is 18.2 Å². The fraction of sp³-hybridized carbons (Fsp3) is 0.333. The lowest BCUT2D eigenvalue weighted by Crippen LogP contribution is -2.47. The monoisotopic (exact) mass is 251 g/mol. The van der Waals surface area contributed by atoms with Crippen LogP contribution < -0.4 is 9.47 Å². The van der Waals surface area contributed by atoms with Gasteiger partial charge in [0.15, 0.2) is 17.0 Å². The van der Waals surface area contributed by atoms with E-state index in [2.05, 4.69) is 0 Å². The Kier molecular flexibility index (Phi) is 2.86. The number of fused-ring (bicyclic) bond motifs is 1. The fourth-order valence-corrected chi connectivity index (χ4v) is 1.78. The van der Waals surface area contributed by atoms with Gasteiger partial charge in [-0.3, -0.25) is 4.79 Å². The van der Waals surface area contributed by atoms with Gasteiger partial charge < -0.3 is 19.5 Å². The summed E-state index contributed by atoms with van der Waals surface area (Å²) in [5.41, 5.74) is -0.989. The number of aliphatic carboxylic acids is 1. The van der Waals surface area contributed by atoms with Crippen molar-refractivity contribution in [2.75, 3.05) is 13.8 Å². The van der Waals surface area contributed by atoms with Crippen LogP contribution in [0.1, 0.15) is 12.5 Å². The van der Waals surface area contributed by atoms with Crippen LogP contribution in [0.5, 0.6) is 11.5 Å². The van der Waals surface area contributed by atoms with Crippen LogP contribution in [0.3, 0.4) is 0 Å². The van der Waals surface area contributed by atoms with Crippen molar-refractivity contribution < 1.29 is 24.2 Å². The minimum atomic E-state index is -1.44. The smallest absolute Gasteiger partial charge is 0.334 e. The highest BCUT2D eigenvalue weighted by atomic mass is 16.7. The quantitative estimate of drug-likeness (QED) is 0.801. The Morgan fingerprint density at radius 1 is 1.44 bits per heavy atom. The number of rotatable bonds is 4. The number of carbonyl (C=O) groups is 2. The van der Waals surface area contributed by atoms with Gasteiger partial charge in [0.2, 0.25) is 13.2 Å². The second-order valence-electron chi connectivity index (χ2n) is 4.16. The first-order valence-corrected chi connectivity index (χ1v) is 5.32. The number of hydrogen-bond acceptors (Lipinski definition) is 4. The molecule has 6 heteroatoms. The first-order chi connectivity index (χ1) is 8.50. The number of nitrogens with zero attached hydrogens (tertiary/aromatic N) is 1. The van der Waals surface area contributed by atoms with Crippen LogP contribution in [-0.4, -0.2) is 36.2 Å². The molecule has 0 saturated heterocycles. The minimum absolute atomic E-state index is 0.117. The number of amides is 1. The molecular weight excluding hydrogens is 238 g/mol. The van der Waals surface area contributed by atoms with E-state index >= 15 is 0 Å². The summed E-state index contributed by atoms with van der Waals surface area (Å²) in [6, 6.07) is 4.83. The molecule has 1 atom stereocenters. The molecule has 0 aromatic heterocycles. The second-order valence-corrected chi connectivity index (χ2v) is 4.16. The number of benzene rings is 1. The molecule has 0 spiro atoms. The van der Waals surface area contributed by atoms with Gasteiger partial charge in [0.1, 0.15) is 0 Å². The van der Waals surface area contributed by atoms with Crippen molar-refractivity contribution in [1.29, 1.82) is 0 Å². The summed E-state index contributed by atoms with van der Waals surface area (Å²) < 4.78 is 10.4. The molecule has 2 rings (SSSR count). The van der Waals surface area contributed by atoms with Crippen molar-refractivity contribution in [3.63, 3.8) is 0 Å². The van der Waals surface area contributed by atoms with Crippen LogP contribution in [0.2, 0.25) is 0 Å². The molecular formula is C12H13NO5. The molecule has 1 aromatic carbocycles. The lowest BCUT2D eigenvalue weighted by atomic mass is 9.90. The molecule has 1 heterocycles. The SMILES string of the molecule is CN(C=O)C(C)(C(=O)O)c1ccc2c(c1)OCO2. The molecule has 1 aliphatic rings. The molecule has 1 amide bonds. The molecule has 1 aliphatic heterocycles. The highest BCUT2D eigenvalue weighted by Gasteiger charge is 2.40. The molecule has 18 heavy (non-hydrogen) atoms. The second kappa shape index (κ2) is 4.21. The number of carboxylic acid groups (broad SMARTS) is 1. The number of carbonyl (C=O) groups excluding carboxylic acids is 1. The van der Waals surface area contributed by atoms with Crippen LogP contribution in [0.4, 0.5) is 0 Å². The normalized spacial score (nSPS) is 15.9. The van der Waals surface area contributed by atoms with Crippen molar-refractivity contribution in [1.82, 2.24) is 4.90 Å². The average molecular weight is 251 g/mol. The summed E-state index contributed by atoms with van der Waals surface area (Å²) in [5.74, 6) is -0.0597. The lowest BCUT2D eigenvalue weighted by Gasteiger charge is -2.32. The summed E-state index contributed by atoms with van der Waals surface area (Å²) >= 11 is 0. The first-order valence-electron chi connectivity index (χ1n) is 5.32. The molecule has 0 radical (unpaired) electrons. The van der Waals surface area contributed by atoms with Gasteiger partial charge in [-0.15, -0.1) is 0 Å². The fourth-order valence-electron chi connectivity index (χ4n) is 1.78. The van der Waals surface area contributed by atoms with Gasteiger partial charge in [0.25, 0.3) is 0 Å². The standard InChI is InChI=1S/C12H13NO5/c1-12(11(15)16,13(2)6-14)8-3-4-9-10(5-8)18-7-17-9/h3-6H,7H2,1-2H3,(H,15,16). The van der Waals surface area contributed by atoms with Gasteiger partial charge in [0, 0.05) is 7.05 Å². The van der Waals surface area contributed by atoms with Gasteiger partial charge in [0.05, 0.1) is 0 Å². The molecule has 1 aromatic rings. The third-order valence-corrected chi connectivity index (χ3v) is 3.21. The molecule has 96 valence electrons. The summed E-state index contributed by atoms with van der Waals surface area (Å²) in [6.07, 6.45) is 0.485. The lowest BCUT2D eigenvalue weighted by molar-refractivity contribution is -0.153. The van der Waals surface area contributed by atoms with E-state index < -0.39 is 11.5 Å². The summed E-state index contributed by atoms with van der Waals surface area (Å²) in [4.78, 5) is 23.4. The number of carboxylic acids is 1. The van der Waals surface area contributed by atoms with Crippen molar-refractivity contribution in [3.8, 4) is 11.5 Å². The highest BCUT2D eigenvalue weighted by molar-refractivity contribution is 5.83. The Balaban J connectivity index is 2.50. The van der Waals surface area contributed by atoms with Crippen molar-refractivity contribution >= 4 is 12.4 Å². The Morgan fingerprint density at radius 3 is 2.72 bits per heavy atom. The van der Waals surface area contributed by atoms with E-state index in [0.717, 1.165) is 4.90 Å². The van der Waals surface area contributed by atoms with Gasteiger partial charge in [-0.1, -0.05) is 6.07 Å². The van der Waals surface area contributed by atoms with Crippen LogP contribution in [0.15, 0.2) is 18.2 Å². The first kappa shape index (κ1) is 12.2. The zero-order valence-corrected chi connectivity index (χ0v) is 10.0. The van der Waals surface area contributed by atoms with E-state index in [-0.39, 0.29) is 6.79 Å². The third-order valence-electron chi connectivity index (χ3n) is 3.21. The van der Waals surface area contributed by atoms with E-state index in [4.69, 9.17) is 9.47 Å². The minimum Gasteiger partial charge on any atom is -0.479 e. The highest BCUT2D eigenvalue weighted by Crippen LogP contribution is 2.37. The largest absolute Gasteiger partial charge is 0.479 e. The van der Waals surface area contributed by atoms with E-state index in [9.17, 15) is 14.7 Å². The predicted octanol–water partition coefficient (Wildman–Crippen LogP) is 0.803. The predicted molar refractivity (Wildman–Crippen MR) is 61.4 cm³/mol.